The number of carbonyl (C=O) groups excluding carboxylic acids is 1. The molecule has 1 aliphatic rings. The molecule has 2 amide bonds. The van der Waals surface area contributed by atoms with Gasteiger partial charge in [0.15, 0.2) is 0 Å². The molecular formula is C15H28N2O3. The molecule has 3 atom stereocenters. The molecule has 1 heterocycles. The van der Waals surface area contributed by atoms with E-state index in [0.717, 1.165) is 12.8 Å². The van der Waals surface area contributed by atoms with Crippen LogP contribution in [-0.2, 0) is 4.79 Å². The summed E-state index contributed by atoms with van der Waals surface area (Å²) >= 11 is 0. The Morgan fingerprint density at radius 3 is 2.40 bits per heavy atom. The molecule has 1 fully saturated rings. The molecule has 5 heteroatoms. The third-order valence-electron chi connectivity index (χ3n) is 4.01. The Hall–Kier alpha value is -1.26. The fourth-order valence-corrected chi connectivity index (χ4v) is 2.66. The summed E-state index contributed by atoms with van der Waals surface area (Å²) in [5.74, 6) is -0.530. The lowest BCUT2D eigenvalue weighted by Crippen LogP contribution is -2.43. The highest BCUT2D eigenvalue weighted by Crippen LogP contribution is 2.23. The molecule has 3 unspecified atom stereocenters. The minimum Gasteiger partial charge on any atom is -0.481 e. The molecule has 2 N–H and O–H groups in total. The van der Waals surface area contributed by atoms with Gasteiger partial charge in [0.1, 0.15) is 0 Å². The minimum atomic E-state index is -0.808. The number of nitrogens with zero attached hydrogens (tertiary/aromatic N) is 1. The van der Waals surface area contributed by atoms with Gasteiger partial charge in [-0.25, -0.2) is 4.79 Å². The maximum absolute atomic E-state index is 12.1. The molecule has 0 saturated carbocycles. The van der Waals surface area contributed by atoms with Crippen LogP contribution < -0.4 is 5.32 Å². The molecule has 116 valence electrons. The number of likely N-dealkylation sites (tertiary alicyclic amines) is 1. The second-order valence-electron chi connectivity index (χ2n) is 6.50. The number of carbonyl (C=O) groups is 2. The van der Waals surface area contributed by atoms with Gasteiger partial charge in [0, 0.05) is 19.1 Å². The lowest BCUT2D eigenvalue weighted by atomic mass is 9.99. The molecule has 0 bridgehead atoms. The van der Waals surface area contributed by atoms with Crippen LogP contribution in [0.5, 0.6) is 0 Å². The smallest absolute Gasteiger partial charge is 0.317 e. The fourth-order valence-electron chi connectivity index (χ4n) is 2.66. The predicted molar refractivity (Wildman–Crippen MR) is 78.5 cm³/mol. The van der Waals surface area contributed by atoms with Crippen LogP contribution in [0, 0.1) is 17.8 Å². The SMILES string of the molecule is CC(C)CCCC(C)NC(=O)N1CC(C)C(C(=O)O)C1. The number of rotatable bonds is 6. The van der Waals surface area contributed by atoms with Crippen molar-refractivity contribution in [1.82, 2.24) is 10.2 Å². The first-order valence-electron chi connectivity index (χ1n) is 7.59. The van der Waals surface area contributed by atoms with Crippen molar-refractivity contribution in [1.29, 1.82) is 0 Å². The highest BCUT2D eigenvalue weighted by Gasteiger charge is 2.37. The number of carboxylic acids is 1. The topological polar surface area (TPSA) is 69.6 Å². The maximum Gasteiger partial charge on any atom is 0.317 e. The lowest BCUT2D eigenvalue weighted by Gasteiger charge is -2.21. The monoisotopic (exact) mass is 284 g/mol. The van der Waals surface area contributed by atoms with Gasteiger partial charge in [-0.05, 0) is 25.2 Å². The summed E-state index contributed by atoms with van der Waals surface area (Å²) in [6, 6.07) is 0.0121. The van der Waals surface area contributed by atoms with Gasteiger partial charge in [0.25, 0.3) is 0 Å². The summed E-state index contributed by atoms with van der Waals surface area (Å²) in [5, 5.41) is 12.0. The largest absolute Gasteiger partial charge is 0.481 e. The standard InChI is InChI=1S/C15H28N2O3/c1-10(2)6-5-7-12(4)16-15(20)17-8-11(3)13(9-17)14(18)19/h10-13H,5-9H2,1-4H3,(H,16,20)(H,18,19). The zero-order valence-electron chi connectivity index (χ0n) is 13.1. The van der Waals surface area contributed by atoms with Gasteiger partial charge in [-0.3, -0.25) is 4.79 Å². The lowest BCUT2D eigenvalue weighted by molar-refractivity contribution is -0.142. The van der Waals surface area contributed by atoms with Crippen molar-refractivity contribution in [2.45, 2.75) is 53.0 Å². The summed E-state index contributed by atoms with van der Waals surface area (Å²) in [4.78, 5) is 24.8. The normalized spacial score (nSPS) is 23.9. The second-order valence-corrected chi connectivity index (χ2v) is 6.50. The number of amides is 2. The Bertz CT molecular complexity index is 344. The Kier molecular flexibility index (Phi) is 6.30. The van der Waals surface area contributed by atoms with Crippen molar-refractivity contribution in [2.75, 3.05) is 13.1 Å². The van der Waals surface area contributed by atoms with E-state index in [1.807, 2.05) is 13.8 Å². The first-order valence-corrected chi connectivity index (χ1v) is 7.59. The zero-order chi connectivity index (χ0) is 15.3. The third kappa shape index (κ3) is 5.02. The van der Waals surface area contributed by atoms with Crippen molar-refractivity contribution >= 4 is 12.0 Å². The summed E-state index contributed by atoms with van der Waals surface area (Å²) in [6.45, 7) is 9.13. The number of hydrogen-bond donors (Lipinski definition) is 2. The van der Waals surface area contributed by atoms with Crippen LogP contribution in [0.15, 0.2) is 0 Å². The van der Waals surface area contributed by atoms with E-state index < -0.39 is 11.9 Å². The summed E-state index contributed by atoms with van der Waals surface area (Å²) in [5.41, 5.74) is 0. The molecular weight excluding hydrogens is 256 g/mol. The van der Waals surface area contributed by atoms with Crippen LogP contribution in [0.4, 0.5) is 4.79 Å². The molecule has 1 saturated heterocycles. The van der Waals surface area contributed by atoms with Crippen LogP contribution in [0.25, 0.3) is 0 Å². The molecule has 5 nitrogen and oxygen atoms in total. The first kappa shape index (κ1) is 16.8. The Morgan fingerprint density at radius 2 is 1.90 bits per heavy atom. The van der Waals surface area contributed by atoms with Crippen LogP contribution in [0.1, 0.15) is 47.0 Å². The van der Waals surface area contributed by atoms with E-state index in [1.165, 1.54) is 6.42 Å². The number of nitrogens with one attached hydrogen (secondary N) is 1. The van der Waals surface area contributed by atoms with Crippen LogP contribution in [0.3, 0.4) is 0 Å². The first-order chi connectivity index (χ1) is 9.31. The van der Waals surface area contributed by atoms with E-state index in [2.05, 4.69) is 19.2 Å². The van der Waals surface area contributed by atoms with Gasteiger partial charge >= 0.3 is 12.0 Å². The highest BCUT2D eigenvalue weighted by atomic mass is 16.4. The second kappa shape index (κ2) is 7.50. The van der Waals surface area contributed by atoms with Gasteiger partial charge in [-0.1, -0.05) is 33.6 Å². The van der Waals surface area contributed by atoms with Crippen LogP contribution >= 0.6 is 0 Å². The molecule has 0 aromatic rings. The van der Waals surface area contributed by atoms with E-state index in [0.29, 0.717) is 19.0 Å². The average Bonchev–Trinajstić information content (AvgIpc) is 2.70. The summed E-state index contributed by atoms with van der Waals surface area (Å²) in [7, 11) is 0. The molecule has 0 aromatic heterocycles. The van der Waals surface area contributed by atoms with Crippen molar-refractivity contribution < 1.29 is 14.7 Å². The highest BCUT2D eigenvalue weighted by molar-refractivity contribution is 5.77. The Balaban J connectivity index is 2.34. The molecule has 1 rings (SSSR count). The van der Waals surface area contributed by atoms with Crippen LogP contribution in [0.2, 0.25) is 0 Å². The van der Waals surface area contributed by atoms with Crippen molar-refractivity contribution in [3.05, 3.63) is 0 Å². The van der Waals surface area contributed by atoms with Gasteiger partial charge in [0.05, 0.1) is 5.92 Å². The molecule has 20 heavy (non-hydrogen) atoms. The predicted octanol–water partition coefficient (Wildman–Crippen LogP) is 2.56. The van der Waals surface area contributed by atoms with E-state index in [4.69, 9.17) is 5.11 Å². The molecule has 0 radical (unpaired) electrons. The number of carboxylic acid groups (broad SMARTS) is 1. The van der Waals surface area contributed by atoms with E-state index >= 15 is 0 Å². The zero-order valence-corrected chi connectivity index (χ0v) is 13.1. The van der Waals surface area contributed by atoms with Gasteiger partial charge < -0.3 is 15.3 Å². The van der Waals surface area contributed by atoms with Crippen molar-refractivity contribution in [3.63, 3.8) is 0 Å². The maximum atomic E-state index is 12.1. The fraction of sp³-hybridized carbons (Fsp3) is 0.867. The molecule has 0 aromatic carbocycles. The van der Waals surface area contributed by atoms with E-state index in [1.54, 1.807) is 4.90 Å². The van der Waals surface area contributed by atoms with Gasteiger partial charge in [-0.15, -0.1) is 0 Å². The van der Waals surface area contributed by atoms with Gasteiger partial charge in [-0.2, -0.15) is 0 Å². The molecule has 0 aliphatic carbocycles. The van der Waals surface area contributed by atoms with Crippen molar-refractivity contribution in [3.8, 4) is 0 Å². The van der Waals surface area contributed by atoms with E-state index in [-0.39, 0.29) is 18.0 Å². The average molecular weight is 284 g/mol. The number of urea groups is 1. The quantitative estimate of drug-likeness (QED) is 0.787. The van der Waals surface area contributed by atoms with Crippen LogP contribution in [-0.4, -0.2) is 41.1 Å². The van der Waals surface area contributed by atoms with Gasteiger partial charge in [0.2, 0.25) is 0 Å². The molecule has 0 spiro atoms. The number of hydrogen-bond acceptors (Lipinski definition) is 2. The summed E-state index contributed by atoms with van der Waals surface area (Å²) < 4.78 is 0. The minimum absolute atomic E-state index is 0.0227. The van der Waals surface area contributed by atoms with E-state index in [9.17, 15) is 9.59 Å². The summed E-state index contributed by atoms with van der Waals surface area (Å²) in [6.07, 6.45) is 3.24. The Morgan fingerprint density at radius 1 is 1.25 bits per heavy atom. The third-order valence-corrected chi connectivity index (χ3v) is 4.01. The number of aliphatic carboxylic acids is 1. The molecule has 1 aliphatic heterocycles. The van der Waals surface area contributed by atoms with Crippen molar-refractivity contribution in [2.24, 2.45) is 17.8 Å². The Labute approximate surface area is 121 Å².